The zero-order chi connectivity index (χ0) is 13.2. The van der Waals surface area contributed by atoms with Crippen LogP contribution in [0.25, 0.3) is 0 Å². The van der Waals surface area contributed by atoms with Crippen molar-refractivity contribution in [2.24, 2.45) is 0 Å². The Morgan fingerprint density at radius 3 is 2.72 bits per heavy atom. The van der Waals surface area contributed by atoms with Crippen molar-refractivity contribution in [2.45, 2.75) is 13.0 Å². The van der Waals surface area contributed by atoms with Gasteiger partial charge in [0.1, 0.15) is 0 Å². The zero-order valence-electron chi connectivity index (χ0n) is 10.4. The summed E-state index contributed by atoms with van der Waals surface area (Å²) in [5.41, 5.74) is 1.97. The summed E-state index contributed by atoms with van der Waals surface area (Å²) in [6, 6.07) is 7.73. The number of carbonyl (C=O) groups is 1. The second-order valence-electron chi connectivity index (χ2n) is 3.68. The molecule has 96 valence electrons. The Bertz CT molecular complexity index is 431. The zero-order valence-corrected chi connectivity index (χ0v) is 11.2. The summed E-state index contributed by atoms with van der Waals surface area (Å²) in [5.74, 6) is 6.36. The molecule has 0 bridgehead atoms. The van der Waals surface area contributed by atoms with E-state index in [1.54, 1.807) is 0 Å². The molecule has 1 aromatic rings. The molecular formula is C14H17NO2S. The molecule has 0 heterocycles. The molecule has 0 aliphatic heterocycles. The van der Waals surface area contributed by atoms with Crippen LogP contribution in [0.15, 0.2) is 24.3 Å². The maximum absolute atomic E-state index is 11.3. The van der Waals surface area contributed by atoms with Gasteiger partial charge in [-0.1, -0.05) is 24.0 Å². The Kier molecular flexibility index (Phi) is 7.00. The molecule has 3 nitrogen and oxygen atoms in total. The van der Waals surface area contributed by atoms with Crippen molar-refractivity contribution in [3.8, 4) is 11.8 Å². The maximum atomic E-state index is 11.3. The van der Waals surface area contributed by atoms with Gasteiger partial charge in [-0.2, -0.15) is 11.8 Å². The van der Waals surface area contributed by atoms with Gasteiger partial charge in [-0.3, -0.25) is 4.79 Å². The van der Waals surface area contributed by atoms with Gasteiger partial charge in [0, 0.05) is 18.5 Å². The molecular weight excluding hydrogens is 246 g/mol. The van der Waals surface area contributed by atoms with Crippen molar-refractivity contribution in [3.63, 3.8) is 0 Å². The first-order chi connectivity index (χ1) is 8.76. The lowest BCUT2D eigenvalue weighted by atomic mass is 10.1. The highest BCUT2D eigenvalue weighted by Gasteiger charge is 1.99. The van der Waals surface area contributed by atoms with Crippen LogP contribution in [0.3, 0.4) is 0 Å². The normalized spacial score (nSPS) is 9.44. The minimum absolute atomic E-state index is 0.0503. The summed E-state index contributed by atoms with van der Waals surface area (Å²) >= 11 is 1.51. The van der Waals surface area contributed by atoms with Gasteiger partial charge in [-0.15, -0.1) is 0 Å². The largest absolute Gasteiger partial charge is 0.395 e. The number of amides is 1. The van der Waals surface area contributed by atoms with Crippen LogP contribution in [0.5, 0.6) is 0 Å². The third-order valence-corrected chi connectivity index (χ3v) is 2.74. The van der Waals surface area contributed by atoms with Gasteiger partial charge in [0.25, 0.3) is 0 Å². The summed E-state index contributed by atoms with van der Waals surface area (Å²) in [6.07, 6.45) is 2.39. The topological polar surface area (TPSA) is 49.3 Å². The van der Waals surface area contributed by atoms with E-state index in [-0.39, 0.29) is 12.5 Å². The molecule has 18 heavy (non-hydrogen) atoms. The average molecular weight is 263 g/mol. The molecule has 0 saturated heterocycles. The third-order valence-electron chi connectivity index (χ3n) is 2.19. The molecule has 0 fully saturated rings. The number of nitrogens with one attached hydrogen (secondary N) is 1. The summed E-state index contributed by atoms with van der Waals surface area (Å²) in [5, 5.41) is 11.5. The van der Waals surface area contributed by atoms with Crippen molar-refractivity contribution in [1.29, 1.82) is 0 Å². The first-order valence-corrected chi connectivity index (χ1v) is 7.10. The Morgan fingerprint density at radius 2 is 2.11 bits per heavy atom. The van der Waals surface area contributed by atoms with Gasteiger partial charge >= 0.3 is 0 Å². The fraction of sp³-hybridized carbons (Fsp3) is 0.357. The Balaban J connectivity index is 2.46. The van der Waals surface area contributed by atoms with Crippen LogP contribution in [0.2, 0.25) is 0 Å². The second kappa shape index (κ2) is 8.62. The molecule has 1 aromatic carbocycles. The number of benzene rings is 1. The molecule has 4 heteroatoms. The summed E-state index contributed by atoms with van der Waals surface area (Å²) < 4.78 is 0. The van der Waals surface area contributed by atoms with Gasteiger partial charge in [0.15, 0.2) is 0 Å². The third kappa shape index (κ3) is 5.76. The van der Waals surface area contributed by atoms with E-state index >= 15 is 0 Å². The number of rotatable bonds is 5. The molecule has 1 rings (SSSR count). The van der Waals surface area contributed by atoms with E-state index in [0.717, 1.165) is 11.1 Å². The highest BCUT2D eigenvalue weighted by atomic mass is 32.2. The number of aliphatic hydroxyl groups is 1. The minimum atomic E-state index is 0.0503. The molecule has 2 N–H and O–H groups in total. The molecule has 1 amide bonds. The molecule has 0 aliphatic carbocycles. The summed E-state index contributed by atoms with van der Waals surface area (Å²) in [7, 11) is 0. The van der Waals surface area contributed by atoms with Crippen LogP contribution in [0, 0.1) is 11.8 Å². The Labute approximate surface area is 112 Å². The first-order valence-electron chi connectivity index (χ1n) is 5.70. The first kappa shape index (κ1) is 14.6. The maximum Gasteiger partial charge on any atom is 0.230 e. The van der Waals surface area contributed by atoms with Crippen molar-refractivity contribution >= 4 is 17.7 Å². The Morgan fingerprint density at radius 1 is 1.39 bits per heavy atom. The van der Waals surface area contributed by atoms with E-state index in [9.17, 15) is 4.79 Å². The lowest BCUT2D eigenvalue weighted by Crippen LogP contribution is -2.24. The molecule has 0 radical (unpaired) electrons. The number of hydrogen-bond donors (Lipinski definition) is 2. The monoisotopic (exact) mass is 263 g/mol. The standard InChI is InChI=1S/C14H17NO2S/c1-18-11-14(17)15-10-13-7-5-12(6-8-13)4-2-3-9-16/h5-8,16H,3,9-11H2,1H3,(H,15,17). The lowest BCUT2D eigenvalue weighted by molar-refractivity contribution is -0.118. The van der Waals surface area contributed by atoms with Gasteiger partial charge < -0.3 is 10.4 Å². The number of carbonyl (C=O) groups excluding carboxylic acids is 1. The number of aliphatic hydroxyl groups excluding tert-OH is 1. The lowest BCUT2D eigenvalue weighted by Gasteiger charge is -2.04. The molecule has 0 saturated carbocycles. The molecule has 0 aromatic heterocycles. The quantitative estimate of drug-likeness (QED) is 0.790. The van der Waals surface area contributed by atoms with E-state index in [4.69, 9.17) is 5.11 Å². The van der Waals surface area contributed by atoms with E-state index in [0.29, 0.717) is 18.7 Å². The van der Waals surface area contributed by atoms with Crippen LogP contribution in [0.4, 0.5) is 0 Å². The fourth-order valence-electron chi connectivity index (χ4n) is 1.31. The van der Waals surface area contributed by atoms with Gasteiger partial charge in [-0.25, -0.2) is 0 Å². The predicted molar refractivity (Wildman–Crippen MR) is 75.3 cm³/mol. The second-order valence-corrected chi connectivity index (χ2v) is 4.55. The molecule has 0 atom stereocenters. The number of thioether (sulfide) groups is 1. The van der Waals surface area contributed by atoms with Crippen LogP contribution >= 0.6 is 11.8 Å². The summed E-state index contributed by atoms with van der Waals surface area (Å²) in [4.78, 5) is 11.3. The van der Waals surface area contributed by atoms with Crippen molar-refractivity contribution < 1.29 is 9.90 Å². The smallest absolute Gasteiger partial charge is 0.230 e. The Hall–Kier alpha value is -1.44. The van der Waals surface area contributed by atoms with E-state index in [1.807, 2.05) is 30.5 Å². The molecule has 0 aliphatic rings. The van der Waals surface area contributed by atoms with Crippen LogP contribution in [-0.4, -0.2) is 29.6 Å². The molecule has 0 spiro atoms. The van der Waals surface area contributed by atoms with Crippen molar-refractivity contribution in [2.75, 3.05) is 18.6 Å². The van der Waals surface area contributed by atoms with Crippen LogP contribution < -0.4 is 5.32 Å². The highest BCUT2D eigenvalue weighted by molar-refractivity contribution is 7.99. The number of hydrogen-bond acceptors (Lipinski definition) is 3. The van der Waals surface area contributed by atoms with E-state index in [2.05, 4.69) is 17.2 Å². The van der Waals surface area contributed by atoms with Crippen molar-refractivity contribution in [3.05, 3.63) is 35.4 Å². The van der Waals surface area contributed by atoms with Gasteiger partial charge in [-0.05, 0) is 24.0 Å². The van der Waals surface area contributed by atoms with Crippen LogP contribution in [-0.2, 0) is 11.3 Å². The van der Waals surface area contributed by atoms with E-state index < -0.39 is 0 Å². The molecule has 0 unspecified atom stereocenters. The summed E-state index contributed by atoms with van der Waals surface area (Å²) in [6.45, 7) is 0.635. The SMILES string of the molecule is CSCC(=O)NCc1ccc(C#CCCO)cc1. The average Bonchev–Trinajstić information content (AvgIpc) is 2.38. The van der Waals surface area contributed by atoms with E-state index in [1.165, 1.54) is 11.8 Å². The van der Waals surface area contributed by atoms with Crippen molar-refractivity contribution in [1.82, 2.24) is 5.32 Å². The van der Waals surface area contributed by atoms with Gasteiger partial charge in [0.2, 0.25) is 5.91 Å². The minimum Gasteiger partial charge on any atom is -0.395 e. The van der Waals surface area contributed by atoms with Crippen LogP contribution in [0.1, 0.15) is 17.5 Å². The highest BCUT2D eigenvalue weighted by Crippen LogP contribution is 2.03. The fourth-order valence-corrected chi connectivity index (χ4v) is 1.67. The van der Waals surface area contributed by atoms with Gasteiger partial charge in [0.05, 0.1) is 12.4 Å². The predicted octanol–water partition coefficient (Wildman–Crippen LogP) is 1.40.